The molecule has 0 radical (unpaired) electrons. The van der Waals surface area contributed by atoms with Gasteiger partial charge in [-0.1, -0.05) is 140 Å². The fourth-order valence-electron chi connectivity index (χ4n) is 8.00. The third-order valence-electron chi connectivity index (χ3n) is 10.5. The van der Waals surface area contributed by atoms with Crippen molar-refractivity contribution in [3.05, 3.63) is 180 Å². The Labute approximate surface area is 294 Å². The lowest BCUT2D eigenvalue weighted by atomic mass is 9.98. The number of hydrogen-bond donors (Lipinski definition) is 1. The van der Waals surface area contributed by atoms with Crippen LogP contribution < -0.4 is 5.32 Å². The molecule has 0 fully saturated rings. The summed E-state index contributed by atoms with van der Waals surface area (Å²) in [4.78, 5) is 10.4. The van der Waals surface area contributed by atoms with Gasteiger partial charge in [0.15, 0.2) is 5.84 Å². The van der Waals surface area contributed by atoms with Crippen molar-refractivity contribution in [1.29, 1.82) is 0 Å². The molecule has 2 aliphatic rings. The van der Waals surface area contributed by atoms with Gasteiger partial charge in [-0.05, 0) is 84.8 Å². The van der Waals surface area contributed by atoms with E-state index in [1.54, 1.807) is 0 Å². The molecule has 0 spiro atoms. The lowest BCUT2D eigenvalue weighted by Crippen LogP contribution is -2.33. The van der Waals surface area contributed by atoms with Crippen LogP contribution in [0, 0.1) is 0 Å². The predicted molar refractivity (Wildman–Crippen MR) is 210 cm³/mol. The topological polar surface area (TPSA) is 49.9 Å². The highest BCUT2D eigenvalue weighted by molar-refractivity contribution is 6.28. The number of rotatable bonds is 4. The Morgan fingerprint density at radius 2 is 1.16 bits per heavy atom. The van der Waals surface area contributed by atoms with E-state index < -0.39 is 0 Å². The quantitative estimate of drug-likeness (QED) is 0.206. The third-order valence-corrected chi connectivity index (χ3v) is 10.5. The molecule has 1 aliphatic heterocycles. The fraction of sp³-hybridized carbons (Fsp3) is 0.0213. The Bertz CT molecular complexity index is 2930. The minimum atomic E-state index is -0.321. The predicted octanol–water partition coefficient (Wildman–Crippen LogP) is 11.7. The van der Waals surface area contributed by atoms with Crippen molar-refractivity contribution >= 4 is 55.2 Å². The molecule has 2 heterocycles. The Balaban J connectivity index is 1.05. The standard InChI is InChI=1S/C47H29N3O/c1-2-9-28(10-3-1)30-17-20-31(21-18-30)45-48-46(33-22-19-29-11-4-5-12-32(29)25-33)50-47(49-45)34-23-24-38-41(26-34)51-42-27-40-36-14-7-6-13-35(36)37-15-8-16-39(43(37)40)44(38)42/h1-27,45H,(H,48,49,50). The van der Waals surface area contributed by atoms with E-state index in [0.29, 0.717) is 5.84 Å². The molecule has 1 atom stereocenters. The minimum absolute atomic E-state index is 0.321. The lowest BCUT2D eigenvalue weighted by molar-refractivity contribution is 0.668. The first-order valence-electron chi connectivity index (χ1n) is 17.3. The van der Waals surface area contributed by atoms with E-state index in [9.17, 15) is 0 Å². The molecule has 11 rings (SSSR count). The maximum atomic E-state index is 6.68. The van der Waals surface area contributed by atoms with Crippen LogP contribution in [0.4, 0.5) is 0 Å². The molecule has 4 heteroatoms. The second kappa shape index (κ2) is 10.9. The molecule has 51 heavy (non-hydrogen) atoms. The van der Waals surface area contributed by atoms with Gasteiger partial charge in [0.2, 0.25) is 0 Å². The molecule has 1 aromatic heterocycles. The van der Waals surface area contributed by atoms with Gasteiger partial charge in [0.05, 0.1) is 0 Å². The summed E-state index contributed by atoms with van der Waals surface area (Å²) in [5.74, 6) is 1.45. The molecule has 0 amide bonds. The maximum Gasteiger partial charge on any atom is 0.159 e. The summed E-state index contributed by atoms with van der Waals surface area (Å²) in [6.45, 7) is 0. The SMILES string of the molecule is c1ccc(-c2ccc(C3N=C(c4ccc5c(c4)oc4cc6c7c(cccc7c45)-c4ccccc4-6)N=C(c4ccc5ccccc5c4)N3)cc2)cc1. The highest BCUT2D eigenvalue weighted by atomic mass is 16.3. The van der Waals surface area contributed by atoms with Crippen molar-refractivity contribution in [2.24, 2.45) is 9.98 Å². The molecule has 8 aromatic carbocycles. The Morgan fingerprint density at radius 1 is 0.451 bits per heavy atom. The zero-order valence-corrected chi connectivity index (χ0v) is 27.5. The molecule has 0 saturated carbocycles. The van der Waals surface area contributed by atoms with E-state index in [-0.39, 0.29) is 6.17 Å². The molecule has 1 N–H and O–H groups in total. The number of benzene rings is 8. The second-order valence-electron chi connectivity index (χ2n) is 13.4. The lowest BCUT2D eigenvalue weighted by Gasteiger charge is -2.24. The summed E-state index contributed by atoms with van der Waals surface area (Å²) < 4.78 is 6.68. The summed E-state index contributed by atoms with van der Waals surface area (Å²) in [5.41, 5.74) is 12.1. The number of nitrogens with one attached hydrogen (secondary N) is 1. The first kappa shape index (κ1) is 28.1. The monoisotopic (exact) mass is 651 g/mol. The number of aliphatic imine (C=N–C) groups is 2. The molecular weight excluding hydrogens is 623 g/mol. The minimum Gasteiger partial charge on any atom is -0.456 e. The van der Waals surface area contributed by atoms with Crippen molar-refractivity contribution in [2.75, 3.05) is 0 Å². The Morgan fingerprint density at radius 3 is 2.02 bits per heavy atom. The van der Waals surface area contributed by atoms with Gasteiger partial charge in [0.1, 0.15) is 23.2 Å². The largest absolute Gasteiger partial charge is 0.456 e. The smallest absolute Gasteiger partial charge is 0.159 e. The van der Waals surface area contributed by atoms with Crippen molar-refractivity contribution in [3.8, 4) is 33.4 Å². The van der Waals surface area contributed by atoms with Crippen LogP contribution in [0.3, 0.4) is 0 Å². The molecule has 0 saturated heterocycles. The Hall–Kier alpha value is -6.78. The number of hydrogen-bond acceptors (Lipinski definition) is 4. The van der Waals surface area contributed by atoms with Gasteiger partial charge in [-0.2, -0.15) is 0 Å². The van der Waals surface area contributed by atoms with E-state index in [1.807, 2.05) is 6.07 Å². The van der Waals surface area contributed by atoms with E-state index in [2.05, 4.69) is 163 Å². The van der Waals surface area contributed by atoms with E-state index in [1.165, 1.54) is 54.9 Å². The van der Waals surface area contributed by atoms with Gasteiger partial charge >= 0.3 is 0 Å². The zero-order chi connectivity index (χ0) is 33.5. The highest BCUT2D eigenvalue weighted by Gasteiger charge is 2.26. The highest BCUT2D eigenvalue weighted by Crippen LogP contribution is 2.50. The fourth-order valence-corrected chi connectivity index (χ4v) is 8.00. The summed E-state index contributed by atoms with van der Waals surface area (Å²) in [7, 11) is 0. The molecule has 0 bridgehead atoms. The normalized spacial score (nSPS) is 14.9. The second-order valence-corrected chi connectivity index (χ2v) is 13.4. The Kier molecular flexibility index (Phi) is 5.98. The first-order chi connectivity index (χ1) is 25.2. The number of amidine groups is 2. The molecule has 1 unspecified atom stereocenters. The number of nitrogens with zero attached hydrogens (tertiary/aromatic N) is 2. The van der Waals surface area contributed by atoms with Gasteiger partial charge in [0.25, 0.3) is 0 Å². The van der Waals surface area contributed by atoms with Crippen molar-refractivity contribution in [1.82, 2.24) is 5.32 Å². The van der Waals surface area contributed by atoms with Gasteiger partial charge in [-0.3, -0.25) is 0 Å². The number of furan rings is 1. The summed E-state index contributed by atoms with van der Waals surface area (Å²) in [6.07, 6.45) is -0.321. The van der Waals surface area contributed by atoms with Crippen LogP contribution in [0.25, 0.3) is 76.9 Å². The van der Waals surface area contributed by atoms with Crippen molar-refractivity contribution < 1.29 is 4.42 Å². The van der Waals surface area contributed by atoms with Crippen molar-refractivity contribution in [2.45, 2.75) is 6.17 Å². The summed E-state index contributed by atoms with van der Waals surface area (Å²) >= 11 is 0. The van der Waals surface area contributed by atoms with Crippen LogP contribution in [-0.2, 0) is 0 Å². The first-order valence-corrected chi connectivity index (χ1v) is 17.3. The van der Waals surface area contributed by atoms with Crippen LogP contribution in [-0.4, -0.2) is 11.7 Å². The molecule has 4 nitrogen and oxygen atoms in total. The average molecular weight is 652 g/mol. The van der Waals surface area contributed by atoms with E-state index in [0.717, 1.165) is 44.5 Å². The molecule has 238 valence electrons. The third kappa shape index (κ3) is 4.40. The van der Waals surface area contributed by atoms with Crippen LogP contribution in [0.5, 0.6) is 0 Å². The zero-order valence-electron chi connectivity index (χ0n) is 27.5. The number of fused-ring (bicyclic) bond motifs is 8. The maximum absolute atomic E-state index is 6.68. The van der Waals surface area contributed by atoms with Crippen LogP contribution in [0.1, 0.15) is 22.9 Å². The summed E-state index contributed by atoms with van der Waals surface area (Å²) in [6, 6.07) is 57.9. The van der Waals surface area contributed by atoms with Gasteiger partial charge in [0, 0.05) is 21.9 Å². The van der Waals surface area contributed by atoms with Gasteiger partial charge in [-0.25, -0.2) is 9.98 Å². The molecule has 9 aromatic rings. The van der Waals surface area contributed by atoms with Gasteiger partial charge < -0.3 is 9.73 Å². The molecular formula is C47H29N3O. The van der Waals surface area contributed by atoms with Gasteiger partial charge in [-0.15, -0.1) is 0 Å². The van der Waals surface area contributed by atoms with Crippen LogP contribution >= 0.6 is 0 Å². The molecule has 1 aliphatic carbocycles. The average Bonchev–Trinajstić information content (AvgIpc) is 3.74. The summed E-state index contributed by atoms with van der Waals surface area (Å²) in [5, 5.41) is 10.8. The van der Waals surface area contributed by atoms with Crippen LogP contribution in [0.2, 0.25) is 0 Å². The van der Waals surface area contributed by atoms with E-state index in [4.69, 9.17) is 14.4 Å². The van der Waals surface area contributed by atoms with Crippen molar-refractivity contribution in [3.63, 3.8) is 0 Å². The van der Waals surface area contributed by atoms with Crippen LogP contribution in [0.15, 0.2) is 178 Å². The van der Waals surface area contributed by atoms with E-state index >= 15 is 0 Å².